The second kappa shape index (κ2) is 5.85. The molecule has 0 spiro atoms. The van der Waals surface area contributed by atoms with Crippen molar-refractivity contribution in [3.8, 4) is 12.0 Å². The number of methoxy groups -OCH3 is 1. The topological polar surface area (TPSA) is 57.1 Å². The van der Waals surface area contributed by atoms with E-state index in [9.17, 15) is 13.2 Å². The van der Waals surface area contributed by atoms with E-state index in [0.717, 1.165) is 0 Å². The largest absolute Gasteiger partial charge is 0.467 e. The smallest absolute Gasteiger partial charge is 0.389 e. The van der Waals surface area contributed by atoms with Crippen LogP contribution in [0.2, 0.25) is 5.28 Å². The number of hydrogen-bond acceptors (Lipinski definition) is 5. The highest BCUT2D eigenvalue weighted by Crippen LogP contribution is 2.21. The van der Waals surface area contributed by atoms with Crippen molar-refractivity contribution in [1.82, 2.24) is 15.0 Å². The molecule has 0 unspecified atom stereocenters. The summed E-state index contributed by atoms with van der Waals surface area (Å²) in [6.45, 7) is -0.164. The van der Waals surface area contributed by atoms with Gasteiger partial charge < -0.3 is 9.47 Å². The molecular weight excluding hydrogens is 263 g/mol. The fourth-order valence-corrected chi connectivity index (χ4v) is 1.05. The lowest BCUT2D eigenvalue weighted by Crippen LogP contribution is -2.10. The number of aromatic nitrogens is 3. The number of rotatable bonds is 5. The van der Waals surface area contributed by atoms with Gasteiger partial charge in [0.05, 0.1) is 13.7 Å². The minimum Gasteiger partial charge on any atom is -0.467 e. The van der Waals surface area contributed by atoms with Crippen LogP contribution in [0.15, 0.2) is 0 Å². The Morgan fingerprint density at radius 3 is 2.41 bits per heavy atom. The second-order valence-corrected chi connectivity index (χ2v) is 3.28. The summed E-state index contributed by atoms with van der Waals surface area (Å²) in [6.07, 6.45) is -5.31. The van der Waals surface area contributed by atoms with Gasteiger partial charge in [0, 0.05) is 6.42 Å². The number of hydrogen-bond donors (Lipinski definition) is 0. The minimum atomic E-state index is -4.20. The molecule has 0 radical (unpaired) electrons. The SMILES string of the molecule is COc1nc(Cl)nc(OCCCC(F)(F)F)n1. The van der Waals surface area contributed by atoms with Gasteiger partial charge in [0.2, 0.25) is 5.28 Å². The van der Waals surface area contributed by atoms with E-state index in [0.29, 0.717) is 0 Å². The Hall–Kier alpha value is -1.31. The van der Waals surface area contributed by atoms with E-state index in [1.807, 2.05) is 0 Å². The molecular formula is C8H9ClF3N3O2. The van der Waals surface area contributed by atoms with Crippen LogP contribution in [0.3, 0.4) is 0 Å². The Bertz CT molecular complexity index is 376. The third kappa shape index (κ3) is 5.53. The van der Waals surface area contributed by atoms with Crippen LogP contribution in [0.25, 0.3) is 0 Å². The van der Waals surface area contributed by atoms with Crippen LogP contribution in [0, 0.1) is 0 Å². The molecule has 0 bridgehead atoms. The predicted molar refractivity (Wildman–Crippen MR) is 52.2 cm³/mol. The third-order valence-corrected chi connectivity index (χ3v) is 1.75. The molecule has 9 heteroatoms. The number of ether oxygens (including phenoxy) is 2. The molecule has 0 saturated carbocycles. The zero-order valence-corrected chi connectivity index (χ0v) is 9.55. The molecule has 1 aromatic heterocycles. The molecule has 0 aromatic carbocycles. The summed E-state index contributed by atoms with van der Waals surface area (Å²) in [5, 5.41) is -0.150. The van der Waals surface area contributed by atoms with Crippen LogP contribution >= 0.6 is 11.6 Å². The molecule has 0 aliphatic rings. The predicted octanol–water partition coefficient (Wildman–Crippen LogP) is 2.25. The Balaban J connectivity index is 2.44. The van der Waals surface area contributed by atoms with Gasteiger partial charge in [-0.3, -0.25) is 0 Å². The summed E-state index contributed by atoms with van der Waals surface area (Å²) >= 11 is 5.51. The normalized spacial score (nSPS) is 11.4. The molecule has 96 valence electrons. The average molecular weight is 272 g/mol. The first-order chi connectivity index (χ1) is 7.90. The minimum absolute atomic E-state index is 0.0594. The van der Waals surface area contributed by atoms with Crippen molar-refractivity contribution in [2.24, 2.45) is 0 Å². The molecule has 0 N–H and O–H groups in total. The third-order valence-electron chi connectivity index (χ3n) is 1.59. The maximum atomic E-state index is 11.8. The summed E-state index contributed by atoms with van der Waals surface area (Å²) in [5.41, 5.74) is 0. The maximum Gasteiger partial charge on any atom is 0.389 e. The molecule has 0 amide bonds. The van der Waals surface area contributed by atoms with Crippen LogP contribution in [-0.2, 0) is 0 Å². The van der Waals surface area contributed by atoms with Gasteiger partial charge in [-0.05, 0) is 18.0 Å². The Labute approximate surface area is 99.9 Å². The van der Waals surface area contributed by atoms with E-state index >= 15 is 0 Å². The summed E-state index contributed by atoms with van der Waals surface area (Å²) in [6, 6.07) is -0.222. The van der Waals surface area contributed by atoms with E-state index in [1.54, 1.807) is 0 Å². The fourth-order valence-electron chi connectivity index (χ4n) is 0.907. The van der Waals surface area contributed by atoms with Gasteiger partial charge in [-0.2, -0.15) is 23.1 Å². The fraction of sp³-hybridized carbons (Fsp3) is 0.625. The average Bonchev–Trinajstić information content (AvgIpc) is 2.22. The van der Waals surface area contributed by atoms with Crippen molar-refractivity contribution in [2.75, 3.05) is 13.7 Å². The van der Waals surface area contributed by atoms with Crippen molar-refractivity contribution < 1.29 is 22.6 Å². The molecule has 17 heavy (non-hydrogen) atoms. The first-order valence-corrected chi connectivity index (χ1v) is 4.93. The zero-order valence-electron chi connectivity index (χ0n) is 8.79. The molecule has 1 rings (SSSR count). The van der Waals surface area contributed by atoms with Crippen LogP contribution in [0.1, 0.15) is 12.8 Å². The van der Waals surface area contributed by atoms with Gasteiger partial charge >= 0.3 is 18.2 Å². The maximum absolute atomic E-state index is 11.8. The van der Waals surface area contributed by atoms with E-state index in [-0.39, 0.29) is 30.3 Å². The lowest BCUT2D eigenvalue weighted by atomic mass is 10.3. The van der Waals surface area contributed by atoms with Gasteiger partial charge in [0.25, 0.3) is 0 Å². The van der Waals surface area contributed by atoms with Gasteiger partial charge in [-0.1, -0.05) is 0 Å². The lowest BCUT2D eigenvalue weighted by molar-refractivity contribution is -0.136. The summed E-state index contributed by atoms with van der Waals surface area (Å²) < 4.78 is 45.1. The molecule has 0 saturated heterocycles. The second-order valence-electron chi connectivity index (χ2n) is 2.94. The highest BCUT2D eigenvalue weighted by molar-refractivity contribution is 6.28. The van der Waals surface area contributed by atoms with Crippen molar-refractivity contribution in [1.29, 1.82) is 0 Å². The van der Waals surface area contributed by atoms with Gasteiger partial charge in [0.1, 0.15) is 0 Å². The number of alkyl halides is 3. The van der Waals surface area contributed by atoms with Crippen molar-refractivity contribution in [2.45, 2.75) is 19.0 Å². The highest BCUT2D eigenvalue weighted by Gasteiger charge is 2.26. The van der Waals surface area contributed by atoms with Crippen LogP contribution in [0.5, 0.6) is 12.0 Å². The molecule has 1 heterocycles. The molecule has 1 aromatic rings. The van der Waals surface area contributed by atoms with Crippen molar-refractivity contribution >= 4 is 11.6 Å². The molecule has 0 aliphatic carbocycles. The van der Waals surface area contributed by atoms with Crippen LogP contribution < -0.4 is 9.47 Å². The first-order valence-electron chi connectivity index (χ1n) is 4.56. The van der Waals surface area contributed by atoms with Gasteiger partial charge in [-0.25, -0.2) is 0 Å². The summed E-state index contributed by atoms with van der Waals surface area (Å²) in [4.78, 5) is 10.8. The summed E-state index contributed by atoms with van der Waals surface area (Å²) in [5.74, 6) is 0. The highest BCUT2D eigenvalue weighted by atomic mass is 35.5. The Morgan fingerprint density at radius 2 is 1.82 bits per heavy atom. The molecule has 5 nitrogen and oxygen atoms in total. The molecule has 0 aliphatic heterocycles. The monoisotopic (exact) mass is 271 g/mol. The van der Waals surface area contributed by atoms with Crippen molar-refractivity contribution in [3.05, 3.63) is 5.28 Å². The lowest BCUT2D eigenvalue weighted by Gasteiger charge is -2.07. The molecule has 0 fully saturated rings. The van der Waals surface area contributed by atoms with E-state index < -0.39 is 12.6 Å². The zero-order chi connectivity index (χ0) is 12.9. The Kier molecular flexibility index (Phi) is 4.73. The van der Waals surface area contributed by atoms with Crippen molar-refractivity contribution in [3.63, 3.8) is 0 Å². The summed E-state index contributed by atoms with van der Waals surface area (Å²) in [7, 11) is 1.32. The van der Waals surface area contributed by atoms with E-state index in [2.05, 4.69) is 19.7 Å². The first kappa shape index (κ1) is 13.8. The van der Waals surface area contributed by atoms with E-state index in [1.165, 1.54) is 7.11 Å². The number of nitrogens with zero attached hydrogens (tertiary/aromatic N) is 3. The van der Waals surface area contributed by atoms with Gasteiger partial charge in [-0.15, -0.1) is 4.98 Å². The van der Waals surface area contributed by atoms with Gasteiger partial charge in [0.15, 0.2) is 0 Å². The Morgan fingerprint density at radius 1 is 1.18 bits per heavy atom. The van der Waals surface area contributed by atoms with Crippen LogP contribution in [-0.4, -0.2) is 34.8 Å². The molecule has 0 atom stereocenters. The van der Waals surface area contributed by atoms with E-state index in [4.69, 9.17) is 16.3 Å². The number of halogens is 4. The quantitative estimate of drug-likeness (QED) is 0.769. The standard InChI is InChI=1S/C8H9ClF3N3O2/c1-16-6-13-5(9)14-7(15-6)17-4-2-3-8(10,11)12/h2-4H2,1H3. The van der Waals surface area contributed by atoms with Crippen LogP contribution in [0.4, 0.5) is 13.2 Å².